The van der Waals surface area contributed by atoms with Gasteiger partial charge in [-0.05, 0) is 38.5 Å². The second kappa shape index (κ2) is 7.92. The van der Waals surface area contributed by atoms with Gasteiger partial charge in [0.05, 0.1) is 11.7 Å². The van der Waals surface area contributed by atoms with E-state index in [2.05, 4.69) is 4.98 Å². The van der Waals surface area contributed by atoms with Crippen molar-refractivity contribution in [1.82, 2.24) is 19.8 Å². The van der Waals surface area contributed by atoms with E-state index in [1.165, 1.54) is 0 Å². The molecule has 7 nitrogen and oxygen atoms in total. The highest BCUT2D eigenvalue weighted by molar-refractivity contribution is 5.81. The highest BCUT2D eigenvalue weighted by Gasteiger charge is 2.35. The van der Waals surface area contributed by atoms with Crippen molar-refractivity contribution in [3.63, 3.8) is 0 Å². The number of aromatic nitrogens is 2. The molecule has 1 aromatic heterocycles. The molecular formula is C20H28N4O3. The molecule has 27 heavy (non-hydrogen) atoms. The molecule has 0 N–H and O–H groups in total. The summed E-state index contributed by atoms with van der Waals surface area (Å²) < 4.78 is 5.73. The molecular weight excluding hydrogens is 344 g/mol. The first-order valence-corrected chi connectivity index (χ1v) is 10.2. The molecule has 3 aliphatic heterocycles. The number of piperidine rings is 1. The molecule has 1 aromatic rings. The molecule has 0 aliphatic carbocycles. The van der Waals surface area contributed by atoms with E-state index in [-0.39, 0.29) is 24.0 Å². The van der Waals surface area contributed by atoms with Gasteiger partial charge in [0.2, 0.25) is 5.91 Å². The topological polar surface area (TPSA) is 75.6 Å². The minimum Gasteiger partial charge on any atom is -0.368 e. The molecule has 3 aliphatic rings. The van der Waals surface area contributed by atoms with E-state index >= 15 is 0 Å². The third kappa shape index (κ3) is 3.83. The van der Waals surface area contributed by atoms with Crippen LogP contribution in [0, 0.1) is 0 Å². The van der Waals surface area contributed by atoms with Crippen molar-refractivity contribution >= 4 is 11.8 Å². The summed E-state index contributed by atoms with van der Waals surface area (Å²) in [7, 11) is 0. The summed E-state index contributed by atoms with van der Waals surface area (Å²) in [5.41, 5.74) is 2.04. The van der Waals surface area contributed by atoms with Crippen molar-refractivity contribution in [2.75, 3.05) is 19.7 Å². The Kier molecular flexibility index (Phi) is 5.38. The van der Waals surface area contributed by atoms with Crippen LogP contribution in [0.1, 0.15) is 68.6 Å². The molecule has 2 atom stereocenters. The summed E-state index contributed by atoms with van der Waals surface area (Å²) in [5.74, 6) is 0.929. The first-order valence-electron chi connectivity index (χ1n) is 10.2. The molecule has 4 rings (SSSR count). The number of amides is 2. The lowest BCUT2D eigenvalue weighted by Crippen LogP contribution is -2.46. The van der Waals surface area contributed by atoms with Crippen molar-refractivity contribution in [2.45, 2.75) is 70.6 Å². The molecule has 2 amide bonds. The number of carbonyl (C=O) groups excluding carboxylic acids is 2. The molecule has 0 spiro atoms. The van der Waals surface area contributed by atoms with Crippen molar-refractivity contribution in [3.8, 4) is 0 Å². The summed E-state index contributed by atoms with van der Waals surface area (Å²) in [6.07, 6.45) is 8.20. The largest absolute Gasteiger partial charge is 0.368 e. The van der Waals surface area contributed by atoms with Crippen molar-refractivity contribution in [3.05, 3.63) is 23.3 Å². The van der Waals surface area contributed by atoms with Gasteiger partial charge in [-0.2, -0.15) is 0 Å². The predicted octanol–water partition coefficient (Wildman–Crippen LogP) is 2.00. The first-order chi connectivity index (χ1) is 13.1. The number of fused-ring (bicyclic) bond motifs is 1. The highest BCUT2D eigenvalue weighted by Crippen LogP contribution is 2.31. The van der Waals surface area contributed by atoms with Crippen LogP contribution in [0.3, 0.4) is 0 Å². The maximum Gasteiger partial charge on any atom is 0.252 e. The standard InChI is InChI=1S/C20H28N4O3/c1-14(25)23-10-8-16-15(13-23)12-21-19(22-16)17-6-2-4-9-24(17)20(26)18-7-3-5-11-27-18/h12,17-18H,2-11,13H2,1H3. The lowest BCUT2D eigenvalue weighted by Gasteiger charge is -2.38. The SMILES string of the molecule is CC(=O)N1CCc2nc(C3CCCCN3C(=O)C3CCCCO3)ncc2C1. The Bertz CT molecular complexity index is 717. The van der Waals surface area contributed by atoms with Crippen molar-refractivity contribution in [1.29, 1.82) is 0 Å². The number of carbonyl (C=O) groups is 2. The van der Waals surface area contributed by atoms with Crippen LogP contribution in [0.15, 0.2) is 6.20 Å². The van der Waals surface area contributed by atoms with Crippen LogP contribution >= 0.6 is 0 Å². The molecule has 0 bridgehead atoms. The van der Waals surface area contributed by atoms with E-state index in [4.69, 9.17) is 9.72 Å². The fraction of sp³-hybridized carbons (Fsp3) is 0.700. The monoisotopic (exact) mass is 372 g/mol. The first kappa shape index (κ1) is 18.3. The zero-order valence-corrected chi connectivity index (χ0v) is 16.0. The normalized spacial score (nSPS) is 25.8. The van der Waals surface area contributed by atoms with Crippen LogP contribution in [-0.4, -0.2) is 57.4 Å². The summed E-state index contributed by atoms with van der Waals surface area (Å²) in [6.45, 7) is 4.30. The number of hydrogen-bond donors (Lipinski definition) is 0. The van der Waals surface area contributed by atoms with Crippen LogP contribution in [0.5, 0.6) is 0 Å². The minimum atomic E-state index is -0.305. The fourth-order valence-corrected chi connectivity index (χ4v) is 4.35. The molecule has 2 saturated heterocycles. The Labute approximate surface area is 160 Å². The summed E-state index contributed by atoms with van der Waals surface area (Å²) >= 11 is 0. The van der Waals surface area contributed by atoms with E-state index in [0.717, 1.165) is 68.6 Å². The van der Waals surface area contributed by atoms with Crippen molar-refractivity contribution in [2.24, 2.45) is 0 Å². The lowest BCUT2D eigenvalue weighted by molar-refractivity contribution is -0.150. The Morgan fingerprint density at radius 1 is 1.15 bits per heavy atom. The molecule has 2 fully saturated rings. The van der Waals surface area contributed by atoms with Crippen molar-refractivity contribution < 1.29 is 14.3 Å². The van der Waals surface area contributed by atoms with Gasteiger partial charge in [-0.25, -0.2) is 9.97 Å². The van der Waals surface area contributed by atoms with Gasteiger partial charge in [-0.15, -0.1) is 0 Å². The molecule has 146 valence electrons. The second-order valence-electron chi connectivity index (χ2n) is 7.79. The number of nitrogens with zero attached hydrogens (tertiary/aromatic N) is 4. The van der Waals surface area contributed by atoms with Crippen LogP contribution in [0.4, 0.5) is 0 Å². The Hall–Kier alpha value is -2.02. The van der Waals surface area contributed by atoms with Crippen LogP contribution in [0.25, 0.3) is 0 Å². The van der Waals surface area contributed by atoms with E-state index in [0.29, 0.717) is 19.7 Å². The zero-order valence-electron chi connectivity index (χ0n) is 16.0. The summed E-state index contributed by atoms with van der Waals surface area (Å²) in [5, 5.41) is 0. The highest BCUT2D eigenvalue weighted by atomic mass is 16.5. The Balaban J connectivity index is 1.54. The maximum atomic E-state index is 13.0. The van der Waals surface area contributed by atoms with Gasteiger partial charge in [0.25, 0.3) is 5.91 Å². The van der Waals surface area contributed by atoms with Crippen LogP contribution in [0.2, 0.25) is 0 Å². The molecule has 0 radical (unpaired) electrons. The molecule has 0 saturated carbocycles. The van der Waals surface area contributed by atoms with E-state index in [9.17, 15) is 9.59 Å². The third-order valence-electron chi connectivity index (χ3n) is 5.94. The quantitative estimate of drug-likeness (QED) is 0.794. The lowest BCUT2D eigenvalue weighted by atomic mass is 9.98. The van der Waals surface area contributed by atoms with Crippen LogP contribution in [-0.2, 0) is 27.3 Å². The van der Waals surface area contributed by atoms with E-state index < -0.39 is 0 Å². The number of hydrogen-bond acceptors (Lipinski definition) is 5. The smallest absolute Gasteiger partial charge is 0.252 e. The predicted molar refractivity (Wildman–Crippen MR) is 98.7 cm³/mol. The number of ether oxygens (including phenoxy) is 1. The number of rotatable bonds is 2. The van der Waals surface area contributed by atoms with Gasteiger partial charge in [-0.1, -0.05) is 0 Å². The van der Waals surface area contributed by atoms with Gasteiger partial charge >= 0.3 is 0 Å². The Morgan fingerprint density at radius 3 is 2.78 bits per heavy atom. The molecule has 4 heterocycles. The van der Waals surface area contributed by atoms with Gasteiger partial charge in [0, 0.05) is 51.3 Å². The van der Waals surface area contributed by atoms with Crippen LogP contribution < -0.4 is 0 Å². The Morgan fingerprint density at radius 2 is 2.00 bits per heavy atom. The average molecular weight is 372 g/mol. The maximum absolute atomic E-state index is 13.0. The van der Waals surface area contributed by atoms with Gasteiger partial charge in [0.1, 0.15) is 6.10 Å². The zero-order chi connectivity index (χ0) is 18.8. The van der Waals surface area contributed by atoms with Gasteiger partial charge < -0.3 is 14.5 Å². The van der Waals surface area contributed by atoms with E-state index in [1.54, 1.807) is 6.92 Å². The minimum absolute atomic E-state index is 0.0621. The number of likely N-dealkylation sites (tertiary alicyclic amines) is 1. The summed E-state index contributed by atoms with van der Waals surface area (Å²) in [6, 6.07) is -0.0621. The second-order valence-corrected chi connectivity index (χ2v) is 7.79. The van der Waals surface area contributed by atoms with Gasteiger partial charge in [-0.3, -0.25) is 9.59 Å². The summed E-state index contributed by atoms with van der Waals surface area (Å²) in [4.78, 5) is 37.9. The molecule has 7 heteroatoms. The molecule has 2 unspecified atom stereocenters. The fourth-order valence-electron chi connectivity index (χ4n) is 4.35. The van der Waals surface area contributed by atoms with Gasteiger partial charge in [0.15, 0.2) is 5.82 Å². The van der Waals surface area contributed by atoms with E-state index in [1.807, 2.05) is 16.0 Å². The third-order valence-corrected chi connectivity index (χ3v) is 5.94. The molecule has 0 aromatic carbocycles. The average Bonchev–Trinajstić information content (AvgIpc) is 2.73.